The zero-order valence-corrected chi connectivity index (χ0v) is 11.9. The molecule has 1 aromatic rings. The molecule has 1 fully saturated rings. The second-order valence-corrected chi connectivity index (χ2v) is 5.97. The van der Waals surface area contributed by atoms with Gasteiger partial charge in [-0.2, -0.15) is 0 Å². The average molecular weight is 272 g/mol. The molecule has 1 heterocycles. The van der Waals surface area contributed by atoms with E-state index in [2.05, 4.69) is 18.7 Å². The van der Waals surface area contributed by atoms with Crippen LogP contribution < -0.4 is 0 Å². The molecule has 0 bridgehead atoms. The summed E-state index contributed by atoms with van der Waals surface area (Å²) in [6.07, 6.45) is 2.58. The molecular weight excluding hydrogens is 253 g/mol. The summed E-state index contributed by atoms with van der Waals surface area (Å²) in [7, 11) is 0. The fraction of sp³-hybridized carbons (Fsp3) is 0.571. The summed E-state index contributed by atoms with van der Waals surface area (Å²) in [5.74, 6) is 0.862. The van der Waals surface area contributed by atoms with Crippen LogP contribution >= 0.6 is 23.2 Å². The highest BCUT2D eigenvalue weighted by atomic mass is 35.5. The summed E-state index contributed by atoms with van der Waals surface area (Å²) in [5.41, 5.74) is 1.22. The Morgan fingerprint density at radius 1 is 1.12 bits per heavy atom. The molecule has 0 unspecified atom stereocenters. The monoisotopic (exact) mass is 271 g/mol. The van der Waals surface area contributed by atoms with Crippen LogP contribution in [0.25, 0.3) is 0 Å². The summed E-state index contributed by atoms with van der Waals surface area (Å²) in [4.78, 5) is 2.52. The lowest BCUT2D eigenvalue weighted by molar-refractivity contribution is 0.147. The molecule has 0 aliphatic carbocycles. The fourth-order valence-corrected chi connectivity index (χ4v) is 2.99. The summed E-state index contributed by atoms with van der Waals surface area (Å²) < 4.78 is 0. The van der Waals surface area contributed by atoms with E-state index in [1.807, 2.05) is 12.1 Å². The Labute approximate surface area is 114 Å². The highest BCUT2D eigenvalue weighted by molar-refractivity contribution is 6.34. The Kier molecular flexibility index (Phi) is 4.35. The Morgan fingerprint density at radius 2 is 1.65 bits per heavy atom. The van der Waals surface area contributed by atoms with Crippen LogP contribution in [0.4, 0.5) is 0 Å². The third-order valence-corrected chi connectivity index (χ3v) is 4.17. The van der Waals surface area contributed by atoms with Crippen LogP contribution in [0.5, 0.6) is 0 Å². The molecule has 1 aromatic carbocycles. The smallest absolute Gasteiger partial charge is 0.0424 e. The Morgan fingerprint density at radius 3 is 2.18 bits per heavy atom. The lowest BCUT2D eigenvalue weighted by atomic mass is 9.96. The van der Waals surface area contributed by atoms with Crippen LogP contribution in [0.3, 0.4) is 0 Å². The number of nitrogens with zero attached hydrogens (tertiary/aromatic N) is 1. The fourth-order valence-electron chi connectivity index (χ4n) is 2.44. The lowest BCUT2D eigenvalue weighted by Gasteiger charge is -2.35. The molecule has 1 aliphatic rings. The number of benzene rings is 1. The molecule has 1 nitrogen and oxygen atoms in total. The Hall–Kier alpha value is -0.240. The number of halogens is 2. The number of rotatable bonds is 2. The molecule has 17 heavy (non-hydrogen) atoms. The van der Waals surface area contributed by atoms with E-state index in [9.17, 15) is 0 Å². The van der Waals surface area contributed by atoms with E-state index in [-0.39, 0.29) is 0 Å². The van der Waals surface area contributed by atoms with Gasteiger partial charge in [-0.1, -0.05) is 30.1 Å². The van der Waals surface area contributed by atoms with Gasteiger partial charge in [0.05, 0.1) is 0 Å². The molecule has 2 rings (SSSR count). The minimum atomic E-state index is 0.402. The van der Waals surface area contributed by atoms with Crippen LogP contribution in [-0.2, 0) is 0 Å². The first-order valence-electron chi connectivity index (χ1n) is 6.26. The van der Waals surface area contributed by atoms with Crippen molar-refractivity contribution in [2.24, 2.45) is 5.92 Å². The van der Waals surface area contributed by atoms with E-state index in [1.54, 1.807) is 6.07 Å². The molecule has 0 saturated carbocycles. The van der Waals surface area contributed by atoms with Gasteiger partial charge in [0.2, 0.25) is 0 Å². The summed E-state index contributed by atoms with van der Waals surface area (Å²) in [6, 6.07) is 6.24. The van der Waals surface area contributed by atoms with E-state index < -0.39 is 0 Å². The minimum Gasteiger partial charge on any atom is -0.297 e. The van der Waals surface area contributed by atoms with Crippen LogP contribution in [0.1, 0.15) is 38.3 Å². The van der Waals surface area contributed by atoms with E-state index in [0.29, 0.717) is 6.04 Å². The van der Waals surface area contributed by atoms with Gasteiger partial charge in [-0.25, -0.2) is 0 Å². The van der Waals surface area contributed by atoms with Gasteiger partial charge in [-0.3, -0.25) is 4.90 Å². The number of likely N-dealkylation sites (tertiary alicyclic amines) is 1. The highest BCUT2D eigenvalue weighted by Crippen LogP contribution is 2.29. The van der Waals surface area contributed by atoms with Crippen LogP contribution in [0, 0.1) is 5.92 Å². The highest BCUT2D eigenvalue weighted by Gasteiger charge is 2.21. The maximum atomic E-state index is 6.05. The van der Waals surface area contributed by atoms with Gasteiger partial charge in [0.25, 0.3) is 0 Å². The quantitative estimate of drug-likeness (QED) is 0.748. The lowest BCUT2D eigenvalue weighted by Crippen LogP contribution is -2.34. The van der Waals surface area contributed by atoms with Crippen molar-refractivity contribution < 1.29 is 0 Å². The third kappa shape index (κ3) is 3.37. The largest absolute Gasteiger partial charge is 0.297 e. The topological polar surface area (TPSA) is 3.24 Å². The number of piperidine rings is 1. The van der Waals surface area contributed by atoms with Crippen LogP contribution in [0.15, 0.2) is 18.2 Å². The molecule has 0 amide bonds. The van der Waals surface area contributed by atoms with Crippen molar-refractivity contribution in [3.63, 3.8) is 0 Å². The van der Waals surface area contributed by atoms with Crippen molar-refractivity contribution in [3.05, 3.63) is 33.8 Å². The molecule has 0 radical (unpaired) electrons. The molecule has 1 saturated heterocycles. The van der Waals surface area contributed by atoms with Gasteiger partial charge >= 0.3 is 0 Å². The van der Waals surface area contributed by atoms with Crippen molar-refractivity contribution in [2.45, 2.75) is 32.7 Å². The SMILES string of the molecule is CC1CCN([C@H](C)c2cc(Cl)cc(Cl)c2)CC1. The Balaban J connectivity index is 2.10. The second-order valence-electron chi connectivity index (χ2n) is 5.10. The third-order valence-electron chi connectivity index (χ3n) is 3.73. The van der Waals surface area contributed by atoms with E-state index in [1.165, 1.54) is 31.5 Å². The van der Waals surface area contributed by atoms with E-state index in [4.69, 9.17) is 23.2 Å². The molecule has 0 N–H and O–H groups in total. The molecule has 94 valence electrons. The van der Waals surface area contributed by atoms with Crippen molar-refractivity contribution in [1.82, 2.24) is 4.90 Å². The zero-order chi connectivity index (χ0) is 12.4. The average Bonchev–Trinajstić information content (AvgIpc) is 2.28. The molecule has 1 aliphatic heterocycles. The van der Waals surface area contributed by atoms with Crippen LogP contribution in [0.2, 0.25) is 10.0 Å². The van der Waals surface area contributed by atoms with E-state index >= 15 is 0 Å². The van der Waals surface area contributed by atoms with Crippen molar-refractivity contribution >= 4 is 23.2 Å². The first-order valence-corrected chi connectivity index (χ1v) is 7.02. The van der Waals surface area contributed by atoms with Crippen molar-refractivity contribution in [1.29, 1.82) is 0 Å². The van der Waals surface area contributed by atoms with Gasteiger partial charge < -0.3 is 0 Å². The molecule has 1 atom stereocenters. The molecule has 3 heteroatoms. The van der Waals surface area contributed by atoms with Crippen molar-refractivity contribution in [2.75, 3.05) is 13.1 Å². The zero-order valence-electron chi connectivity index (χ0n) is 10.4. The first kappa shape index (κ1) is 13.2. The Bertz CT molecular complexity index is 364. The summed E-state index contributed by atoms with van der Waals surface area (Å²) in [5, 5.41) is 1.45. The molecule has 0 aromatic heterocycles. The predicted molar refractivity (Wildman–Crippen MR) is 74.8 cm³/mol. The summed E-state index contributed by atoms with van der Waals surface area (Å²) in [6.45, 7) is 6.91. The van der Waals surface area contributed by atoms with Gasteiger partial charge in [-0.15, -0.1) is 0 Å². The van der Waals surface area contributed by atoms with Gasteiger partial charge in [0.1, 0.15) is 0 Å². The maximum Gasteiger partial charge on any atom is 0.0424 e. The summed E-state index contributed by atoms with van der Waals surface area (Å²) >= 11 is 12.1. The van der Waals surface area contributed by atoms with Crippen molar-refractivity contribution in [3.8, 4) is 0 Å². The maximum absolute atomic E-state index is 6.05. The van der Waals surface area contributed by atoms with E-state index in [0.717, 1.165) is 16.0 Å². The normalized spacial score (nSPS) is 20.5. The van der Waals surface area contributed by atoms with Gasteiger partial charge in [-0.05, 0) is 62.5 Å². The second kappa shape index (κ2) is 5.60. The minimum absolute atomic E-state index is 0.402. The molecule has 0 spiro atoms. The number of hydrogen-bond donors (Lipinski definition) is 0. The molecular formula is C14H19Cl2N. The van der Waals surface area contributed by atoms with Crippen LogP contribution in [-0.4, -0.2) is 18.0 Å². The first-order chi connectivity index (χ1) is 8.06. The number of hydrogen-bond acceptors (Lipinski definition) is 1. The standard InChI is InChI=1S/C14H19Cl2N/c1-10-3-5-17(6-4-10)11(2)12-7-13(15)9-14(16)8-12/h7-11H,3-6H2,1-2H3/t11-/m1/s1. The predicted octanol–water partition coefficient (Wildman–Crippen LogP) is 4.79. The van der Waals surface area contributed by atoms with Gasteiger partial charge in [0.15, 0.2) is 0 Å². The van der Waals surface area contributed by atoms with Gasteiger partial charge in [0, 0.05) is 16.1 Å².